The molecule has 0 bridgehead atoms. The first kappa shape index (κ1) is 24.1. The van der Waals surface area contributed by atoms with Crippen LogP contribution in [0.25, 0.3) is 0 Å². The predicted octanol–water partition coefficient (Wildman–Crippen LogP) is 0.530. The van der Waals surface area contributed by atoms with E-state index in [1.807, 2.05) is 0 Å². The van der Waals surface area contributed by atoms with Crippen LogP contribution in [0, 0.1) is 0 Å². The highest BCUT2D eigenvalue weighted by Crippen LogP contribution is 2.27. The molecule has 0 aromatic heterocycles. The highest BCUT2D eigenvalue weighted by atomic mass is 16.7. The van der Waals surface area contributed by atoms with E-state index in [9.17, 15) is 19.2 Å². The molecule has 1 aliphatic rings. The number of hydrogen-bond acceptors (Lipinski definition) is 9. The third-order valence-corrected chi connectivity index (χ3v) is 3.25. The number of carbonyl (C=O) groups excluding carboxylic acids is 4. The molecule has 0 radical (unpaired) electrons. The Morgan fingerprint density at radius 2 is 1.93 bits per heavy atom. The number of hydrogen-bond donors (Lipinski definition) is 1. The van der Waals surface area contributed by atoms with Crippen LogP contribution >= 0.6 is 0 Å². The zero-order valence-electron chi connectivity index (χ0n) is 16.6. The van der Waals surface area contributed by atoms with Crippen LogP contribution in [0.15, 0.2) is 36.1 Å². The van der Waals surface area contributed by atoms with Gasteiger partial charge in [0.05, 0.1) is 12.2 Å². The van der Waals surface area contributed by atoms with Gasteiger partial charge in [-0.2, -0.15) is 0 Å². The topological polar surface area (TPSA) is 126 Å². The van der Waals surface area contributed by atoms with Crippen LogP contribution in [0.1, 0.15) is 20.8 Å². The molecule has 160 valence electrons. The number of carbonyl (C=O) groups is 4. The summed E-state index contributed by atoms with van der Waals surface area (Å²) in [6.45, 7) is 7.29. The van der Waals surface area contributed by atoms with E-state index in [0.29, 0.717) is 0 Å². The van der Waals surface area contributed by atoms with E-state index in [1.165, 1.54) is 26.0 Å². The van der Waals surface area contributed by atoms with Gasteiger partial charge in [-0.05, 0) is 13.0 Å². The average molecular weight is 411 g/mol. The summed E-state index contributed by atoms with van der Waals surface area (Å²) in [7, 11) is 0. The van der Waals surface area contributed by atoms with Crippen molar-refractivity contribution in [3.05, 3.63) is 36.1 Å². The van der Waals surface area contributed by atoms with E-state index in [2.05, 4.69) is 11.9 Å². The second kappa shape index (κ2) is 12.5. The number of rotatable bonds is 10. The summed E-state index contributed by atoms with van der Waals surface area (Å²) in [6, 6.07) is 0. The van der Waals surface area contributed by atoms with Crippen molar-refractivity contribution in [1.29, 1.82) is 0 Å². The van der Waals surface area contributed by atoms with Crippen molar-refractivity contribution in [3.8, 4) is 0 Å². The molecular weight excluding hydrogens is 386 g/mol. The van der Waals surface area contributed by atoms with Crippen molar-refractivity contribution in [2.45, 2.75) is 33.2 Å². The minimum Gasteiger partial charge on any atom is -0.463 e. The Kier molecular flexibility index (Phi) is 10.3. The van der Waals surface area contributed by atoms with Crippen molar-refractivity contribution in [1.82, 2.24) is 5.32 Å². The molecule has 0 unspecified atom stereocenters. The van der Waals surface area contributed by atoms with Gasteiger partial charge in [0.1, 0.15) is 25.1 Å². The minimum absolute atomic E-state index is 0.0227. The Labute approximate surface area is 168 Å². The van der Waals surface area contributed by atoms with E-state index in [1.54, 1.807) is 6.92 Å². The quantitative estimate of drug-likeness (QED) is 0.237. The first-order valence-corrected chi connectivity index (χ1v) is 8.83. The average Bonchev–Trinajstić information content (AvgIpc) is 2.64. The first-order valence-electron chi connectivity index (χ1n) is 8.83. The van der Waals surface area contributed by atoms with Crippen LogP contribution in [0.2, 0.25) is 0 Å². The zero-order chi connectivity index (χ0) is 21.8. The molecule has 1 heterocycles. The Morgan fingerprint density at radius 1 is 1.21 bits per heavy atom. The summed E-state index contributed by atoms with van der Waals surface area (Å²) < 4.78 is 26.1. The molecule has 1 N–H and O–H groups in total. The molecule has 1 aliphatic heterocycles. The van der Waals surface area contributed by atoms with E-state index < -0.39 is 42.8 Å². The van der Waals surface area contributed by atoms with Gasteiger partial charge in [-0.1, -0.05) is 6.08 Å². The van der Waals surface area contributed by atoms with Crippen molar-refractivity contribution < 1.29 is 42.9 Å². The fraction of sp³-hybridized carbons (Fsp3) is 0.474. The highest BCUT2D eigenvalue weighted by Gasteiger charge is 2.32. The van der Waals surface area contributed by atoms with Crippen LogP contribution < -0.4 is 5.32 Å². The monoisotopic (exact) mass is 411 g/mol. The normalized spacial score (nSPS) is 19.7. The molecule has 10 heteroatoms. The van der Waals surface area contributed by atoms with Crippen LogP contribution in [0.3, 0.4) is 0 Å². The summed E-state index contributed by atoms with van der Waals surface area (Å²) in [6.07, 6.45) is 1.82. The van der Waals surface area contributed by atoms with E-state index in [-0.39, 0.29) is 31.1 Å². The molecule has 0 aromatic rings. The molecule has 10 nitrogen and oxygen atoms in total. The van der Waals surface area contributed by atoms with Crippen molar-refractivity contribution in [2.24, 2.45) is 0 Å². The van der Waals surface area contributed by atoms with Gasteiger partial charge in [-0.15, -0.1) is 6.58 Å². The van der Waals surface area contributed by atoms with Crippen molar-refractivity contribution in [2.75, 3.05) is 26.4 Å². The molecule has 1 rings (SSSR count). The van der Waals surface area contributed by atoms with Gasteiger partial charge in [0, 0.05) is 26.5 Å². The molecule has 0 spiro atoms. The van der Waals surface area contributed by atoms with Gasteiger partial charge in [0.2, 0.25) is 5.91 Å². The van der Waals surface area contributed by atoms with Crippen LogP contribution in [-0.4, -0.2) is 62.6 Å². The molecule has 2 atom stereocenters. The maximum Gasteiger partial charge on any atom is 0.331 e. The molecular formula is C19H25NO9. The molecule has 0 aromatic carbocycles. The lowest BCUT2D eigenvalue weighted by atomic mass is 10.1. The predicted molar refractivity (Wildman–Crippen MR) is 99.0 cm³/mol. The smallest absolute Gasteiger partial charge is 0.331 e. The third-order valence-electron chi connectivity index (χ3n) is 3.25. The fourth-order valence-electron chi connectivity index (χ4n) is 2.15. The van der Waals surface area contributed by atoms with E-state index in [0.717, 1.165) is 6.08 Å². The minimum atomic E-state index is -1.26. The summed E-state index contributed by atoms with van der Waals surface area (Å²) in [4.78, 5) is 46.3. The van der Waals surface area contributed by atoms with Gasteiger partial charge < -0.3 is 29.0 Å². The van der Waals surface area contributed by atoms with Gasteiger partial charge in [0.15, 0.2) is 6.29 Å². The van der Waals surface area contributed by atoms with E-state index >= 15 is 0 Å². The largest absolute Gasteiger partial charge is 0.463 e. The maximum atomic E-state index is 11.9. The molecule has 0 fully saturated rings. The van der Waals surface area contributed by atoms with Crippen molar-refractivity contribution in [3.63, 3.8) is 0 Å². The van der Waals surface area contributed by atoms with Crippen LogP contribution in [0.4, 0.5) is 0 Å². The maximum absolute atomic E-state index is 11.9. The number of amides is 1. The molecule has 0 saturated carbocycles. The standard InChI is InChI=1S/C19H25NO9/c1-5-7-20-17(23)11-27-19-15(9-18(24)25-6-2)16(28-13(4)22)8-14(29-19)10-26-12(3)21/h5,8-9,14,19H,1,6-7,10-11H2,2-4H3,(H,20,23)/b15-9+/t14-,19-/m0/s1. The Morgan fingerprint density at radius 3 is 2.52 bits per heavy atom. The highest BCUT2D eigenvalue weighted by molar-refractivity contribution is 5.84. The summed E-state index contributed by atoms with van der Waals surface area (Å²) in [5.74, 6) is -2.38. The van der Waals surface area contributed by atoms with Gasteiger partial charge in [-0.25, -0.2) is 4.79 Å². The van der Waals surface area contributed by atoms with Crippen LogP contribution in [-0.2, 0) is 42.9 Å². The number of esters is 3. The number of nitrogens with one attached hydrogen (secondary N) is 1. The van der Waals surface area contributed by atoms with Gasteiger partial charge >= 0.3 is 17.9 Å². The number of ether oxygens (including phenoxy) is 5. The lowest BCUT2D eigenvalue weighted by Gasteiger charge is -2.30. The summed E-state index contributed by atoms with van der Waals surface area (Å²) in [5, 5.41) is 2.52. The van der Waals surface area contributed by atoms with E-state index in [4.69, 9.17) is 23.7 Å². The molecule has 0 saturated heterocycles. The summed E-state index contributed by atoms with van der Waals surface area (Å²) >= 11 is 0. The molecule has 0 aliphatic carbocycles. The summed E-state index contributed by atoms with van der Waals surface area (Å²) in [5.41, 5.74) is 0.0502. The lowest BCUT2D eigenvalue weighted by molar-refractivity contribution is -0.172. The zero-order valence-corrected chi connectivity index (χ0v) is 16.6. The fourth-order valence-corrected chi connectivity index (χ4v) is 2.15. The van der Waals surface area contributed by atoms with Gasteiger partial charge in [0.25, 0.3) is 0 Å². The molecule has 29 heavy (non-hydrogen) atoms. The lowest BCUT2D eigenvalue weighted by Crippen LogP contribution is -2.38. The van der Waals surface area contributed by atoms with Gasteiger partial charge in [-0.3, -0.25) is 14.4 Å². The SMILES string of the molecule is C=CCNC(=O)CO[C@H]1O[C@H](COC(C)=O)C=C(OC(C)=O)/C1=C\C(=O)OCC. The Bertz CT molecular complexity index is 696. The van der Waals surface area contributed by atoms with Crippen molar-refractivity contribution >= 4 is 23.8 Å². The molecule has 1 amide bonds. The second-order valence-electron chi connectivity index (χ2n) is 5.69. The Balaban J connectivity index is 3.12. The Hall–Kier alpha value is -2.98. The van der Waals surface area contributed by atoms with Crippen LogP contribution in [0.5, 0.6) is 0 Å². The second-order valence-corrected chi connectivity index (χ2v) is 5.69. The first-order chi connectivity index (χ1) is 13.8. The third kappa shape index (κ3) is 9.17.